The molecular weight excluding hydrogens is 473 g/mol. The summed E-state index contributed by atoms with van der Waals surface area (Å²) in [5.74, 6) is 0.447. The summed E-state index contributed by atoms with van der Waals surface area (Å²) in [6.45, 7) is 2.48. The summed E-state index contributed by atoms with van der Waals surface area (Å²) >= 11 is 6.41. The number of nitrogens with one attached hydrogen (secondary N) is 1. The van der Waals surface area contributed by atoms with Crippen molar-refractivity contribution in [3.05, 3.63) is 76.1 Å². The minimum atomic E-state index is -0.929. The van der Waals surface area contributed by atoms with Crippen LogP contribution < -0.4 is 11.1 Å². The second-order valence-corrected chi connectivity index (χ2v) is 11.3. The predicted octanol–water partition coefficient (Wildman–Crippen LogP) is 5.12. The molecule has 2 aliphatic rings. The molecule has 0 radical (unpaired) electrons. The number of hydrogen-bond acceptors (Lipinski definition) is 3. The van der Waals surface area contributed by atoms with E-state index in [0.717, 1.165) is 24.2 Å². The number of carbonyl (C=O) groups excluding carboxylic acids is 2. The molecular formula is C26H29ClFN3O2S. The van der Waals surface area contributed by atoms with Crippen LogP contribution in [-0.4, -0.2) is 29.9 Å². The summed E-state index contributed by atoms with van der Waals surface area (Å²) in [5.41, 5.74) is 7.28. The smallest absolute Gasteiger partial charge is 0.251 e. The fourth-order valence-electron chi connectivity index (χ4n) is 5.04. The Labute approximate surface area is 207 Å². The Bertz CT molecular complexity index is 1150. The Balaban J connectivity index is 1.65. The molecule has 3 unspecified atom stereocenters. The van der Waals surface area contributed by atoms with Crippen molar-refractivity contribution in [3.63, 3.8) is 0 Å². The third-order valence-corrected chi connectivity index (χ3v) is 8.88. The normalized spacial score (nSPS) is 24.6. The second kappa shape index (κ2) is 10.4. The van der Waals surface area contributed by atoms with E-state index in [9.17, 15) is 14.0 Å². The first-order valence-electron chi connectivity index (χ1n) is 11.6. The molecule has 1 aliphatic heterocycles. The number of rotatable bonds is 7. The van der Waals surface area contributed by atoms with E-state index in [1.807, 2.05) is 25.1 Å². The minimum absolute atomic E-state index is 0.0720. The quantitative estimate of drug-likeness (QED) is 0.552. The van der Waals surface area contributed by atoms with Crippen molar-refractivity contribution in [2.75, 3.05) is 18.1 Å². The van der Waals surface area contributed by atoms with Crippen LogP contribution in [0, 0.1) is 17.2 Å². The minimum Gasteiger partial charge on any atom is -0.369 e. The van der Waals surface area contributed by atoms with Gasteiger partial charge in [-0.15, -0.1) is 0 Å². The monoisotopic (exact) mass is 501 g/mol. The molecule has 4 rings (SSSR count). The molecule has 8 heteroatoms. The van der Waals surface area contributed by atoms with Gasteiger partial charge in [0.05, 0.1) is 21.7 Å². The van der Waals surface area contributed by atoms with E-state index >= 15 is 0 Å². The van der Waals surface area contributed by atoms with E-state index in [1.165, 1.54) is 6.07 Å². The highest BCUT2D eigenvalue weighted by Crippen LogP contribution is 2.50. The number of halogens is 2. The summed E-state index contributed by atoms with van der Waals surface area (Å²) < 4.78 is 19.7. The van der Waals surface area contributed by atoms with E-state index < -0.39 is 17.1 Å². The summed E-state index contributed by atoms with van der Waals surface area (Å²) in [5, 5.41) is 3.28. The Morgan fingerprint density at radius 3 is 2.68 bits per heavy atom. The van der Waals surface area contributed by atoms with Crippen LogP contribution in [0.4, 0.5) is 4.39 Å². The summed E-state index contributed by atoms with van der Waals surface area (Å²) in [6.07, 6.45) is 2.76. The van der Waals surface area contributed by atoms with Gasteiger partial charge in [0.2, 0.25) is 5.91 Å². The van der Waals surface area contributed by atoms with Crippen LogP contribution in [0.5, 0.6) is 0 Å². The van der Waals surface area contributed by atoms with Crippen LogP contribution in [0.3, 0.4) is 0 Å². The lowest BCUT2D eigenvalue weighted by Gasteiger charge is -2.40. The van der Waals surface area contributed by atoms with Gasteiger partial charge < -0.3 is 11.1 Å². The molecule has 1 saturated carbocycles. The number of nitrogens with two attached hydrogens (primary N) is 1. The van der Waals surface area contributed by atoms with Gasteiger partial charge in [0.25, 0.3) is 5.91 Å². The fourth-order valence-corrected chi connectivity index (χ4v) is 6.90. The lowest BCUT2D eigenvalue weighted by atomic mass is 9.64. The highest BCUT2D eigenvalue weighted by molar-refractivity contribution is 7.87. The maximum atomic E-state index is 14.9. The van der Waals surface area contributed by atoms with Crippen LogP contribution in [-0.2, 0) is 15.5 Å². The van der Waals surface area contributed by atoms with Crippen molar-refractivity contribution in [1.82, 2.24) is 5.32 Å². The molecule has 3 N–H and O–H groups in total. The van der Waals surface area contributed by atoms with Gasteiger partial charge in [-0.25, -0.2) is 8.75 Å². The van der Waals surface area contributed by atoms with Crippen molar-refractivity contribution in [1.29, 1.82) is 0 Å². The van der Waals surface area contributed by atoms with E-state index in [0.29, 0.717) is 36.4 Å². The van der Waals surface area contributed by atoms with Crippen molar-refractivity contribution >= 4 is 39.8 Å². The first-order valence-corrected chi connectivity index (χ1v) is 13.5. The summed E-state index contributed by atoms with van der Waals surface area (Å²) in [4.78, 5) is 25.6. The third-order valence-electron chi connectivity index (χ3n) is 6.84. The third kappa shape index (κ3) is 4.82. The first kappa shape index (κ1) is 24.6. The van der Waals surface area contributed by atoms with Crippen LogP contribution >= 0.6 is 11.6 Å². The van der Waals surface area contributed by atoms with E-state index in [2.05, 4.69) is 5.32 Å². The molecule has 3 atom stereocenters. The maximum absolute atomic E-state index is 14.9. The van der Waals surface area contributed by atoms with Crippen molar-refractivity contribution in [3.8, 4) is 0 Å². The number of hydrogen-bond donors (Lipinski definition) is 2. The van der Waals surface area contributed by atoms with E-state index in [-0.39, 0.29) is 33.1 Å². The predicted molar refractivity (Wildman–Crippen MR) is 136 cm³/mol. The Morgan fingerprint density at radius 2 is 2.00 bits per heavy atom. The van der Waals surface area contributed by atoms with E-state index in [1.54, 1.807) is 24.3 Å². The maximum Gasteiger partial charge on any atom is 0.251 e. The van der Waals surface area contributed by atoms with E-state index in [4.69, 9.17) is 21.7 Å². The second-order valence-electron chi connectivity index (χ2n) is 8.90. The van der Waals surface area contributed by atoms with Gasteiger partial charge in [-0.3, -0.25) is 9.59 Å². The number of nitrogens with zero attached hydrogens (tertiary/aromatic N) is 1. The Hall–Kier alpha value is -2.51. The summed E-state index contributed by atoms with van der Waals surface area (Å²) in [6, 6.07) is 13.6. The zero-order valence-electron chi connectivity index (χ0n) is 19.2. The Kier molecular flexibility index (Phi) is 7.53. The average molecular weight is 502 g/mol. The highest BCUT2D eigenvalue weighted by atomic mass is 35.5. The SMILES string of the molecule is CCS1=NC(c2c(F)cccc2Cl)=C(C2(C(N)=O)CCCC(CNC(=O)c3ccccc3)C2)C1. The van der Waals surface area contributed by atoms with Gasteiger partial charge in [-0.2, -0.15) is 0 Å². The molecule has 0 saturated heterocycles. The molecule has 0 aromatic heterocycles. The lowest BCUT2D eigenvalue weighted by molar-refractivity contribution is -0.128. The number of amides is 2. The van der Waals surface area contributed by atoms with Crippen molar-refractivity contribution in [2.45, 2.75) is 32.6 Å². The van der Waals surface area contributed by atoms with Crippen molar-refractivity contribution in [2.24, 2.45) is 21.4 Å². The molecule has 2 aromatic rings. The molecule has 2 aromatic carbocycles. The Morgan fingerprint density at radius 1 is 1.24 bits per heavy atom. The van der Waals surface area contributed by atoms with Gasteiger partial charge in [-0.1, -0.05) is 59.9 Å². The summed E-state index contributed by atoms with van der Waals surface area (Å²) in [7, 11) is -0.355. The van der Waals surface area contributed by atoms with Crippen LogP contribution in [0.25, 0.3) is 5.70 Å². The first-order chi connectivity index (χ1) is 16.4. The van der Waals surface area contributed by atoms with Gasteiger partial charge in [0.15, 0.2) is 0 Å². The molecule has 5 nitrogen and oxygen atoms in total. The molecule has 2 amide bonds. The van der Waals surface area contributed by atoms with Crippen LogP contribution in [0.15, 0.2) is 58.5 Å². The number of carbonyl (C=O) groups is 2. The molecule has 0 spiro atoms. The van der Waals surface area contributed by atoms with Crippen LogP contribution in [0.1, 0.15) is 48.5 Å². The number of benzene rings is 2. The average Bonchev–Trinajstić information content (AvgIpc) is 3.27. The lowest BCUT2D eigenvalue weighted by Crippen LogP contribution is -2.45. The molecule has 1 aliphatic carbocycles. The molecule has 180 valence electrons. The van der Waals surface area contributed by atoms with Crippen LogP contribution in [0.2, 0.25) is 5.02 Å². The largest absolute Gasteiger partial charge is 0.369 e. The van der Waals surface area contributed by atoms with Gasteiger partial charge in [-0.05, 0) is 55.0 Å². The highest BCUT2D eigenvalue weighted by Gasteiger charge is 2.47. The number of primary amides is 1. The van der Waals surface area contributed by atoms with Gasteiger partial charge in [0, 0.05) is 23.6 Å². The zero-order valence-corrected chi connectivity index (χ0v) is 20.7. The molecule has 34 heavy (non-hydrogen) atoms. The standard InChI is InChI=1S/C26H29ClFN3O2S/c1-2-34-16-19(23(31-34)22-20(27)11-6-12-21(22)28)26(25(29)33)13-7-8-17(14-26)15-30-24(32)18-9-4-3-5-10-18/h3-6,9-12,17H,2,7-8,13-16H2,1H3,(H2,29,33)(H,30,32). The zero-order chi connectivity index (χ0) is 24.3. The topological polar surface area (TPSA) is 84.5 Å². The molecule has 1 fully saturated rings. The van der Waals surface area contributed by atoms with Gasteiger partial charge >= 0.3 is 0 Å². The molecule has 0 bridgehead atoms. The fraction of sp³-hybridized carbons (Fsp3) is 0.385. The molecule has 1 heterocycles. The van der Waals surface area contributed by atoms with Crippen molar-refractivity contribution < 1.29 is 14.0 Å². The van der Waals surface area contributed by atoms with Gasteiger partial charge in [0.1, 0.15) is 5.82 Å².